The second kappa shape index (κ2) is 6.32. The van der Waals surface area contributed by atoms with Crippen molar-refractivity contribution >= 4 is 21.7 Å². The van der Waals surface area contributed by atoms with E-state index in [1.165, 1.54) is 22.7 Å². The van der Waals surface area contributed by atoms with Crippen molar-refractivity contribution in [1.29, 1.82) is 0 Å². The quantitative estimate of drug-likeness (QED) is 0.862. The van der Waals surface area contributed by atoms with E-state index < -0.39 is 27.8 Å². The van der Waals surface area contributed by atoms with Gasteiger partial charge < -0.3 is 10.0 Å². The summed E-state index contributed by atoms with van der Waals surface area (Å²) in [5, 5.41) is 13.2. The first-order chi connectivity index (χ1) is 11.8. The molecule has 0 saturated carbocycles. The Labute approximate surface area is 144 Å². The van der Waals surface area contributed by atoms with E-state index >= 15 is 0 Å². The van der Waals surface area contributed by atoms with Crippen molar-refractivity contribution in [1.82, 2.24) is 14.7 Å². The van der Waals surface area contributed by atoms with Gasteiger partial charge in [0.05, 0.1) is 17.2 Å². The zero-order valence-electron chi connectivity index (χ0n) is 13.5. The van der Waals surface area contributed by atoms with Crippen LogP contribution in [0.5, 0.6) is 0 Å². The first-order valence-corrected chi connectivity index (χ1v) is 9.47. The Morgan fingerprint density at radius 2 is 1.96 bits per heavy atom. The van der Waals surface area contributed by atoms with Crippen LogP contribution in [-0.4, -0.2) is 64.7 Å². The maximum Gasteiger partial charge on any atom is 0.356 e. The molecule has 0 spiro atoms. The minimum absolute atomic E-state index is 0.0492. The summed E-state index contributed by atoms with van der Waals surface area (Å²) in [6, 6.07) is 9.48. The van der Waals surface area contributed by atoms with E-state index in [4.69, 9.17) is 0 Å². The summed E-state index contributed by atoms with van der Waals surface area (Å²) in [7, 11) is -1.61. The molecular formula is C16H17N3O5S. The van der Waals surface area contributed by atoms with Crippen LogP contribution in [0.2, 0.25) is 0 Å². The highest BCUT2D eigenvalue weighted by molar-refractivity contribution is 7.91. The van der Waals surface area contributed by atoms with Crippen molar-refractivity contribution in [2.75, 3.05) is 18.6 Å². The maximum absolute atomic E-state index is 12.9. The molecule has 1 amide bonds. The van der Waals surface area contributed by atoms with Crippen LogP contribution in [0.1, 0.15) is 27.4 Å². The lowest BCUT2D eigenvalue weighted by molar-refractivity contribution is 0.0689. The van der Waals surface area contributed by atoms with E-state index in [-0.39, 0.29) is 22.9 Å². The standard InChI is InChI=1S/C16H17N3O5S/c1-18(12-7-8-25(23,24)10-12)15(20)14-9-13(16(21)22)17-19(14)11-5-3-2-4-6-11/h2-6,9,12H,7-8,10H2,1H3,(H,21,22)/t12-/m1/s1. The van der Waals surface area contributed by atoms with Crippen molar-refractivity contribution < 1.29 is 23.1 Å². The Balaban J connectivity index is 1.98. The molecule has 2 aromatic rings. The van der Waals surface area contributed by atoms with Gasteiger partial charge in [-0.25, -0.2) is 17.9 Å². The third kappa shape index (κ3) is 3.41. The summed E-state index contributed by atoms with van der Waals surface area (Å²) < 4.78 is 24.6. The number of amides is 1. The average molecular weight is 363 g/mol. The molecule has 1 N–H and O–H groups in total. The average Bonchev–Trinajstić information content (AvgIpc) is 3.18. The summed E-state index contributed by atoms with van der Waals surface area (Å²) in [5.74, 6) is -1.74. The second-order valence-electron chi connectivity index (χ2n) is 5.94. The Kier molecular flexibility index (Phi) is 4.34. The van der Waals surface area contributed by atoms with E-state index in [2.05, 4.69) is 5.10 Å². The van der Waals surface area contributed by atoms with E-state index in [0.29, 0.717) is 12.1 Å². The highest BCUT2D eigenvalue weighted by atomic mass is 32.2. The van der Waals surface area contributed by atoms with E-state index in [9.17, 15) is 23.1 Å². The number of rotatable bonds is 4. The van der Waals surface area contributed by atoms with Gasteiger partial charge in [-0.15, -0.1) is 0 Å². The van der Waals surface area contributed by atoms with Crippen LogP contribution in [0.15, 0.2) is 36.4 Å². The third-order valence-corrected chi connectivity index (χ3v) is 5.98. The zero-order valence-corrected chi connectivity index (χ0v) is 14.3. The molecule has 1 fully saturated rings. The number of carboxylic acid groups (broad SMARTS) is 1. The van der Waals surface area contributed by atoms with Crippen LogP contribution in [0.25, 0.3) is 5.69 Å². The molecule has 1 aromatic carbocycles. The number of sulfone groups is 1. The molecule has 1 aromatic heterocycles. The lowest BCUT2D eigenvalue weighted by Gasteiger charge is -2.23. The molecule has 0 aliphatic carbocycles. The smallest absolute Gasteiger partial charge is 0.356 e. The molecule has 0 unspecified atom stereocenters. The van der Waals surface area contributed by atoms with Crippen molar-refractivity contribution in [3.63, 3.8) is 0 Å². The Hall–Kier alpha value is -2.68. The van der Waals surface area contributed by atoms with Gasteiger partial charge in [0.1, 0.15) is 5.69 Å². The van der Waals surface area contributed by atoms with Gasteiger partial charge in [0.25, 0.3) is 5.91 Å². The molecule has 8 nitrogen and oxygen atoms in total. The molecule has 3 rings (SSSR count). The second-order valence-corrected chi connectivity index (χ2v) is 8.17. The SMILES string of the molecule is CN(C(=O)c1cc(C(=O)O)nn1-c1ccccc1)[C@@H]1CCS(=O)(=O)C1. The molecule has 25 heavy (non-hydrogen) atoms. The minimum Gasteiger partial charge on any atom is -0.476 e. The van der Waals surface area contributed by atoms with Gasteiger partial charge in [0, 0.05) is 19.2 Å². The predicted molar refractivity (Wildman–Crippen MR) is 89.7 cm³/mol. The summed E-state index contributed by atoms with van der Waals surface area (Å²) >= 11 is 0. The first-order valence-electron chi connectivity index (χ1n) is 7.65. The van der Waals surface area contributed by atoms with Crippen molar-refractivity contribution in [3.8, 4) is 5.69 Å². The van der Waals surface area contributed by atoms with Crippen LogP contribution in [0, 0.1) is 0 Å². The lowest BCUT2D eigenvalue weighted by atomic mass is 10.2. The summed E-state index contributed by atoms with van der Waals surface area (Å²) in [6.45, 7) is 0. The highest BCUT2D eigenvalue weighted by Gasteiger charge is 2.34. The molecule has 0 radical (unpaired) electrons. The third-order valence-electron chi connectivity index (χ3n) is 4.22. The first kappa shape index (κ1) is 17.2. The number of carboxylic acids is 1. The van der Waals surface area contributed by atoms with Crippen LogP contribution >= 0.6 is 0 Å². The molecule has 132 valence electrons. The Morgan fingerprint density at radius 1 is 1.28 bits per heavy atom. The fraction of sp³-hybridized carbons (Fsp3) is 0.312. The van der Waals surface area contributed by atoms with Crippen molar-refractivity contribution in [3.05, 3.63) is 47.8 Å². The fourth-order valence-electron chi connectivity index (χ4n) is 2.83. The number of hydrogen-bond acceptors (Lipinski definition) is 5. The van der Waals surface area contributed by atoms with Crippen LogP contribution < -0.4 is 0 Å². The zero-order chi connectivity index (χ0) is 18.2. The number of para-hydroxylation sites is 1. The molecule has 1 aliphatic heterocycles. The number of benzene rings is 1. The number of aromatic carboxylic acids is 1. The number of carbonyl (C=O) groups excluding carboxylic acids is 1. The number of aromatic nitrogens is 2. The largest absolute Gasteiger partial charge is 0.476 e. The Morgan fingerprint density at radius 3 is 2.52 bits per heavy atom. The highest BCUT2D eigenvalue weighted by Crippen LogP contribution is 2.20. The normalized spacial score (nSPS) is 18.8. The molecule has 1 aliphatic rings. The monoisotopic (exact) mass is 363 g/mol. The van der Waals surface area contributed by atoms with Crippen molar-refractivity contribution in [2.24, 2.45) is 0 Å². The Bertz CT molecular complexity index is 921. The predicted octanol–water partition coefficient (Wildman–Crippen LogP) is 0.830. The molecule has 0 bridgehead atoms. The fourth-order valence-corrected chi connectivity index (χ4v) is 4.61. The van der Waals surface area contributed by atoms with Gasteiger partial charge in [0.2, 0.25) is 0 Å². The van der Waals surface area contributed by atoms with Crippen molar-refractivity contribution in [2.45, 2.75) is 12.5 Å². The molecule has 1 saturated heterocycles. The van der Waals surface area contributed by atoms with Gasteiger partial charge in [-0.05, 0) is 18.6 Å². The summed E-state index contributed by atoms with van der Waals surface area (Å²) in [5.41, 5.74) is 0.376. The molecular weight excluding hydrogens is 346 g/mol. The van der Waals surface area contributed by atoms with Gasteiger partial charge in [0.15, 0.2) is 15.5 Å². The van der Waals surface area contributed by atoms with Gasteiger partial charge in [-0.2, -0.15) is 5.10 Å². The lowest BCUT2D eigenvalue weighted by Crippen LogP contribution is -2.38. The van der Waals surface area contributed by atoms with E-state index in [1.807, 2.05) is 0 Å². The van der Waals surface area contributed by atoms with Crippen LogP contribution in [-0.2, 0) is 9.84 Å². The molecule has 2 heterocycles. The van der Waals surface area contributed by atoms with Crippen LogP contribution in [0.4, 0.5) is 0 Å². The van der Waals surface area contributed by atoms with E-state index in [0.717, 1.165) is 0 Å². The summed E-state index contributed by atoms with van der Waals surface area (Å²) in [4.78, 5) is 25.5. The number of hydrogen-bond donors (Lipinski definition) is 1. The number of carbonyl (C=O) groups is 2. The van der Waals surface area contributed by atoms with Gasteiger partial charge >= 0.3 is 5.97 Å². The van der Waals surface area contributed by atoms with Gasteiger partial charge in [-0.3, -0.25) is 4.79 Å². The molecule has 9 heteroatoms. The van der Waals surface area contributed by atoms with Crippen LogP contribution in [0.3, 0.4) is 0 Å². The number of nitrogens with zero attached hydrogens (tertiary/aromatic N) is 3. The van der Waals surface area contributed by atoms with Gasteiger partial charge in [-0.1, -0.05) is 18.2 Å². The van der Waals surface area contributed by atoms with E-state index in [1.54, 1.807) is 30.3 Å². The summed E-state index contributed by atoms with van der Waals surface area (Å²) in [6.07, 6.45) is 0.371. The topological polar surface area (TPSA) is 110 Å². The minimum atomic E-state index is -3.14. The maximum atomic E-state index is 12.9. The molecule has 1 atom stereocenters.